The quantitative estimate of drug-likeness (QED) is 0.848. The van der Waals surface area contributed by atoms with Gasteiger partial charge in [-0.1, -0.05) is 23.4 Å². The molecule has 21 heavy (non-hydrogen) atoms. The molecule has 1 aromatic carbocycles. The molecule has 2 unspecified atom stereocenters. The third-order valence-corrected chi connectivity index (χ3v) is 4.33. The molecular weight excluding hydrogens is 268 g/mol. The van der Waals surface area contributed by atoms with Gasteiger partial charge in [-0.2, -0.15) is 4.98 Å². The van der Waals surface area contributed by atoms with Gasteiger partial charge in [0.2, 0.25) is 5.89 Å². The van der Waals surface area contributed by atoms with Crippen LogP contribution in [0.1, 0.15) is 54.8 Å². The highest BCUT2D eigenvalue weighted by atomic mass is 16.5. The predicted molar refractivity (Wildman–Crippen MR) is 74.3 cm³/mol. The second kappa shape index (κ2) is 4.98. The Bertz CT molecular complexity index is 680. The van der Waals surface area contributed by atoms with Gasteiger partial charge in [-0.15, -0.1) is 0 Å². The van der Waals surface area contributed by atoms with Crippen molar-refractivity contribution in [2.24, 2.45) is 0 Å². The van der Waals surface area contributed by atoms with E-state index < -0.39 is 0 Å². The summed E-state index contributed by atoms with van der Waals surface area (Å²) in [5.74, 6) is 2.15. The van der Waals surface area contributed by atoms with Gasteiger partial charge in [-0.25, -0.2) is 0 Å². The summed E-state index contributed by atoms with van der Waals surface area (Å²) in [6, 6.07) is 7.95. The fourth-order valence-corrected chi connectivity index (χ4v) is 3.22. The monoisotopic (exact) mass is 284 g/mol. The van der Waals surface area contributed by atoms with Crippen LogP contribution in [0.15, 0.2) is 28.8 Å². The molecule has 0 saturated heterocycles. The van der Waals surface area contributed by atoms with E-state index in [4.69, 9.17) is 9.26 Å². The summed E-state index contributed by atoms with van der Waals surface area (Å²) in [5, 5.41) is 4.12. The number of carbonyl (C=O) groups is 1. The van der Waals surface area contributed by atoms with Gasteiger partial charge in [0, 0.05) is 12.0 Å². The number of aromatic nitrogens is 2. The summed E-state index contributed by atoms with van der Waals surface area (Å²) in [4.78, 5) is 16.3. The number of Topliss-reactive ketones (excluding diaryl/α,β-unsaturated/α-hetero) is 1. The largest absolute Gasteiger partial charge is 0.493 e. The van der Waals surface area contributed by atoms with Crippen LogP contribution in [0.5, 0.6) is 5.75 Å². The lowest BCUT2D eigenvalue weighted by Gasteiger charge is -2.23. The minimum atomic E-state index is -0.193. The first kappa shape index (κ1) is 12.6. The molecule has 0 radical (unpaired) electrons. The van der Waals surface area contributed by atoms with E-state index in [9.17, 15) is 4.79 Å². The molecule has 0 amide bonds. The van der Waals surface area contributed by atoms with Crippen molar-refractivity contribution in [1.82, 2.24) is 10.1 Å². The number of benzene rings is 1. The Kier molecular flexibility index (Phi) is 2.98. The fraction of sp³-hybridized carbons (Fsp3) is 0.438. The molecule has 1 aliphatic heterocycles. The maximum Gasteiger partial charge on any atom is 0.237 e. The Balaban J connectivity index is 1.66. The lowest BCUT2D eigenvalue weighted by Crippen LogP contribution is -2.16. The normalized spacial score (nSPS) is 24.7. The van der Waals surface area contributed by atoms with E-state index in [1.165, 1.54) is 0 Å². The number of hydrogen-bond donors (Lipinski definition) is 0. The molecule has 0 bridgehead atoms. The number of hydrogen-bond acceptors (Lipinski definition) is 5. The lowest BCUT2D eigenvalue weighted by molar-refractivity contribution is -0.119. The van der Waals surface area contributed by atoms with Gasteiger partial charge in [0.05, 0.1) is 18.4 Å². The van der Waals surface area contributed by atoms with Crippen LogP contribution in [-0.2, 0) is 4.79 Å². The third kappa shape index (κ3) is 2.13. The van der Waals surface area contributed by atoms with Gasteiger partial charge in [0.25, 0.3) is 0 Å². The molecule has 1 fully saturated rings. The fourth-order valence-electron chi connectivity index (χ4n) is 3.22. The van der Waals surface area contributed by atoms with E-state index in [0.29, 0.717) is 24.7 Å². The van der Waals surface area contributed by atoms with Gasteiger partial charge in [0.15, 0.2) is 5.82 Å². The van der Waals surface area contributed by atoms with Gasteiger partial charge < -0.3 is 9.26 Å². The minimum Gasteiger partial charge on any atom is -0.493 e. The smallest absolute Gasteiger partial charge is 0.237 e. The van der Waals surface area contributed by atoms with E-state index in [-0.39, 0.29) is 17.6 Å². The first-order valence-corrected chi connectivity index (χ1v) is 7.41. The Labute approximate surface area is 122 Å². The minimum absolute atomic E-state index is 0.0870. The molecule has 1 aliphatic carbocycles. The van der Waals surface area contributed by atoms with Gasteiger partial charge in [-0.05, 0) is 25.3 Å². The highest BCUT2D eigenvalue weighted by Gasteiger charge is 2.33. The summed E-state index contributed by atoms with van der Waals surface area (Å²) in [7, 11) is 0. The Morgan fingerprint density at radius 1 is 1.14 bits per heavy atom. The van der Waals surface area contributed by atoms with Crippen molar-refractivity contribution in [2.45, 2.75) is 37.5 Å². The predicted octanol–water partition coefficient (Wildman–Crippen LogP) is 2.82. The second-order valence-electron chi connectivity index (χ2n) is 5.63. The van der Waals surface area contributed by atoms with Crippen molar-refractivity contribution >= 4 is 5.78 Å². The zero-order valence-corrected chi connectivity index (χ0v) is 11.6. The van der Waals surface area contributed by atoms with Crippen molar-refractivity contribution < 1.29 is 14.1 Å². The van der Waals surface area contributed by atoms with E-state index in [1.807, 2.05) is 24.3 Å². The average molecular weight is 284 g/mol. The summed E-state index contributed by atoms with van der Waals surface area (Å²) >= 11 is 0. The standard InChI is InChI=1S/C16H16N2O3/c19-13-6-3-5-12(13)16-17-15(18-21-16)11-8-9-20-14-7-2-1-4-10(11)14/h1-2,4,7,11-12H,3,5-6,8-9H2. The summed E-state index contributed by atoms with van der Waals surface area (Å²) < 4.78 is 11.0. The first-order chi connectivity index (χ1) is 10.3. The Hall–Kier alpha value is -2.17. The van der Waals surface area contributed by atoms with Crippen LogP contribution in [0.25, 0.3) is 0 Å². The molecule has 2 atom stereocenters. The van der Waals surface area contributed by atoms with E-state index >= 15 is 0 Å². The second-order valence-corrected chi connectivity index (χ2v) is 5.63. The van der Waals surface area contributed by atoms with E-state index in [1.54, 1.807) is 0 Å². The summed E-state index contributed by atoms with van der Waals surface area (Å²) in [5.41, 5.74) is 1.09. The molecule has 4 rings (SSSR count). The number of fused-ring (bicyclic) bond motifs is 1. The molecule has 0 N–H and O–H groups in total. The van der Waals surface area contributed by atoms with Gasteiger partial charge in [0.1, 0.15) is 11.5 Å². The maximum atomic E-state index is 11.8. The third-order valence-electron chi connectivity index (χ3n) is 4.33. The molecule has 1 aromatic heterocycles. The van der Waals surface area contributed by atoms with Gasteiger partial charge >= 0.3 is 0 Å². The van der Waals surface area contributed by atoms with Crippen LogP contribution in [-0.4, -0.2) is 22.5 Å². The molecule has 2 aromatic rings. The van der Waals surface area contributed by atoms with Crippen LogP contribution in [0, 0.1) is 0 Å². The van der Waals surface area contributed by atoms with E-state index in [0.717, 1.165) is 30.6 Å². The molecule has 5 heteroatoms. The Morgan fingerprint density at radius 3 is 2.90 bits per heavy atom. The van der Waals surface area contributed by atoms with E-state index in [2.05, 4.69) is 10.1 Å². The van der Waals surface area contributed by atoms with Crippen molar-refractivity contribution in [3.05, 3.63) is 41.5 Å². The van der Waals surface area contributed by atoms with Crippen molar-refractivity contribution in [1.29, 1.82) is 0 Å². The molecule has 1 saturated carbocycles. The number of carbonyl (C=O) groups excluding carboxylic acids is 1. The van der Waals surface area contributed by atoms with Crippen molar-refractivity contribution in [3.8, 4) is 5.75 Å². The van der Waals surface area contributed by atoms with Crippen molar-refractivity contribution in [2.75, 3.05) is 6.61 Å². The Morgan fingerprint density at radius 2 is 2.05 bits per heavy atom. The zero-order chi connectivity index (χ0) is 14.2. The number of para-hydroxylation sites is 1. The van der Waals surface area contributed by atoms with Crippen LogP contribution in [0.4, 0.5) is 0 Å². The number of rotatable bonds is 2. The first-order valence-electron chi connectivity index (χ1n) is 7.41. The summed E-state index contributed by atoms with van der Waals surface area (Å²) in [6.07, 6.45) is 3.20. The molecule has 2 heterocycles. The number of ether oxygens (including phenoxy) is 1. The van der Waals surface area contributed by atoms with Crippen molar-refractivity contribution in [3.63, 3.8) is 0 Å². The molecule has 0 spiro atoms. The van der Waals surface area contributed by atoms with Crippen LogP contribution < -0.4 is 4.74 Å². The maximum absolute atomic E-state index is 11.8. The average Bonchev–Trinajstić information content (AvgIpc) is 3.15. The molecule has 5 nitrogen and oxygen atoms in total. The highest BCUT2D eigenvalue weighted by molar-refractivity contribution is 5.86. The zero-order valence-electron chi connectivity index (χ0n) is 11.6. The molecule has 108 valence electrons. The van der Waals surface area contributed by atoms with Crippen LogP contribution in [0.2, 0.25) is 0 Å². The SMILES string of the molecule is O=C1CCCC1c1nc(C2CCOc3ccccc32)no1. The van der Waals surface area contributed by atoms with Crippen LogP contribution >= 0.6 is 0 Å². The van der Waals surface area contributed by atoms with Crippen LogP contribution in [0.3, 0.4) is 0 Å². The molecular formula is C16H16N2O3. The topological polar surface area (TPSA) is 65.2 Å². The molecule has 2 aliphatic rings. The lowest BCUT2D eigenvalue weighted by atomic mass is 9.92. The number of nitrogens with zero attached hydrogens (tertiary/aromatic N) is 2. The summed E-state index contributed by atoms with van der Waals surface area (Å²) in [6.45, 7) is 0.647. The number of ketones is 1. The highest BCUT2D eigenvalue weighted by Crippen LogP contribution is 2.38. The van der Waals surface area contributed by atoms with Gasteiger partial charge in [-0.3, -0.25) is 4.79 Å².